The predicted octanol–water partition coefficient (Wildman–Crippen LogP) is 2.92. The van der Waals surface area contributed by atoms with Gasteiger partial charge in [0.1, 0.15) is 12.1 Å². The van der Waals surface area contributed by atoms with E-state index in [2.05, 4.69) is 31.4 Å². The van der Waals surface area contributed by atoms with Crippen molar-refractivity contribution in [1.82, 2.24) is 10.2 Å². The molecular formula is C23H31N3O5. The minimum absolute atomic E-state index is 0.0943. The molecular weight excluding hydrogens is 398 g/mol. The first kappa shape index (κ1) is 22.8. The highest BCUT2D eigenvalue weighted by molar-refractivity contribution is 6.09. The molecule has 0 unspecified atom stereocenters. The van der Waals surface area contributed by atoms with Crippen molar-refractivity contribution in [3.63, 3.8) is 0 Å². The summed E-state index contributed by atoms with van der Waals surface area (Å²) in [6, 6.07) is 5.04. The van der Waals surface area contributed by atoms with Crippen LogP contribution in [0.25, 0.3) is 0 Å². The lowest BCUT2D eigenvalue weighted by molar-refractivity contribution is -0.150. The van der Waals surface area contributed by atoms with Gasteiger partial charge in [-0.15, -0.1) is 0 Å². The van der Waals surface area contributed by atoms with Crippen LogP contribution in [0.1, 0.15) is 51.2 Å². The van der Waals surface area contributed by atoms with E-state index in [-0.39, 0.29) is 11.3 Å². The summed E-state index contributed by atoms with van der Waals surface area (Å²) >= 11 is 0. The number of benzene rings is 1. The van der Waals surface area contributed by atoms with E-state index >= 15 is 0 Å². The van der Waals surface area contributed by atoms with Gasteiger partial charge in [0.05, 0.1) is 0 Å². The van der Waals surface area contributed by atoms with Crippen molar-refractivity contribution < 1.29 is 23.9 Å². The number of nitrogens with one attached hydrogen (secondary N) is 2. The number of para-hydroxylation sites is 1. The number of urea groups is 1. The fourth-order valence-electron chi connectivity index (χ4n) is 5.16. The lowest BCUT2D eigenvalue weighted by Crippen LogP contribution is -2.54. The summed E-state index contributed by atoms with van der Waals surface area (Å²) in [4.78, 5) is 50.9. The molecule has 0 aromatic heterocycles. The Hall–Kier alpha value is -2.90. The molecule has 8 nitrogen and oxygen atoms in total. The highest BCUT2D eigenvalue weighted by atomic mass is 16.5. The number of carbonyl (C=O) groups excluding carboxylic acids is 4. The summed E-state index contributed by atoms with van der Waals surface area (Å²) in [5, 5.41) is 5.55. The zero-order chi connectivity index (χ0) is 23.0. The molecule has 168 valence electrons. The number of imide groups is 1. The number of amides is 4. The van der Waals surface area contributed by atoms with Crippen molar-refractivity contribution in [2.75, 3.05) is 18.5 Å². The number of esters is 1. The Morgan fingerprint density at radius 2 is 1.84 bits per heavy atom. The summed E-state index contributed by atoms with van der Waals surface area (Å²) in [5.41, 5.74) is 1.40. The molecule has 1 saturated carbocycles. The van der Waals surface area contributed by atoms with Crippen LogP contribution in [0, 0.1) is 25.2 Å². The highest BCUT2D eigenvalue weighted by Gasteiger charge is 2.56. The Morgan fingerprint density at radius 3 is 2.45 bits per heavy atom. The Balaban J connectivity index is 1.57. The molecule has 1 aliphatic carbocycles. The first-order valence-corrected chi connectivity index (χ1v) is 10.6. The van der Waals surface area contributed by atoms with Crippen molar-refractivity contribution >= 4 is 29.5 Å². The van der Waals surface area contributed by atoms with Crippen molar-refractivity contribution in [2.24, 2.45) is 11.3 Å². The van der Waals surface area contributed by atoms with Gasteiger partial charge in [-0.1, -0.05) is 39.0 Å². The van der Waals surface area contributed by atoms with Gasteiger partial charge in [-0.3, -0.25) is 19.3 Å². The zero-order valence-electron chi connectivity index (χ0n) is 18.8. The normalized spacial score (nSPS) is 24.8. The second-order valence-electron chi connectivity index (χ2n) is 9.73. The quantitative estimate of drug-likeness (QED) is 0.553. The fraction of sp³-hybridized carbons (Fsp3) is 0.565. The van der Waals surface area contributed by atoms with Crippen molar-refractivity contribution in [3.8, 4) is 0 Å². The van der Waals surface area contributed by atoms with Gasteiger partial charge in [0.25, 0.3) is 11.8 Å². The molecule has 1 spiro atoms. The Morgan fingerprint density at radius 1 is 1.19 bits per heavy atom. The Kier molecular flexibility index (Phi) is 6.11. The van der Waals surface area contributed by atoms with Gasteiger partial charge in [0.15, 0.2) is 6.61 Å². The monoisotopic (exact) mass is 429 g/mol. The van der Waals surface area contributed by atoms with E-state index < -0.39 is 42.5 Å². The van der Waals surface area contributed by atoms with Gasteiger partial charge < -0.3 is 15.4 Å². The third-order valence-corrected chi connectivity index (χ3v) is 6.02. The molecule has 8 heteroatoms. The van der Waals surface area contributed by atoms with E-state index in [0.717, 1.165) is 22.4 Å². The largest absolute Gasteiger partial charge is 0.454 e. The lowest BCUT2D eigenvalue weighted by Gasteiger charge is -2.43. The molecule has 2 atom stereocenters. The molecule has 2 aliphatic rings. The molecule has 2 N–H and O–H groups in total. The first-order valence-electron chi connectivity index (χ1n) is 10.6. The number of hydrogen-bond acceptors (Lipinski definition) is 5. The number of nitrogens with zero attached hydrogens (tertiary/aromatic N) is 1. The highest BCUT2D eigenvalue weighted by Crippen LogP contribution is 2.46. The minimum atomic E-state index is -0.974. The molecule has 0 radical (unpaired) electrons. The first-order chi connectivity index (χ1) is 14.4. The molecule has 1 aliphatic heterocycles. The zero-order valence-corrected chi connectivity index (χ0v) is 18.8. The summed E-state index contributed by atoms with van der Waals surface area (Å²) in [6.45, 7) is 8.95. The van der Waals surface area contributed by atoms with Crippen LogP contribution in [0.3, 0.4) is 0 Å². The molecule has 1 saturated heterocycles. The summed E-state index contributed by atoms with van der Waals surface area (Å²) < 4.78 is 5.03. The van der Waals surface area contributed by atoms with Gasteiger partial charge in [-0.05, 0) is 55.6 Å². The van der Waals surface area contributed by atoms with Gasteiger partial charge in [0.2, 0.25) is 0 Å². The SMILES string of the molecule is Cc1cccc(C)c1NC(=O)COC(=O)CN1C(=O)N[C@@]2(C[C@@H](C)CC(C)(C)C2)C1=O. The molecule has 3 rings (SSSR count). The van der Waals surface area contributed by atoms with Crippen LogP contribution in [0.4, 0.5) is 10.5 Å². The topological polar surface area (TPSA) is 105 Å². The van der Waals surface area contributed by atoms with Crippen LogP contribution >= 0.6 is 0 Å². The molecule has 4 amide bonds. The molecule has 1 aromatic rings. The van der Waals surface area contributed by atoms with Crippen LogP contribution in [-0.4, -0.2) is 47.4 Å². The maximum atomic E-state index is 13.1. The van der Waals surface area contributed by atoms with E-state index in [1.165, 1.54) is 0 Å². The number of aryl methyl sites for hydroxylation is 2. The van der Waals surface area contributed by atoms with Crippen molar-refractivity contribution in [2.45, 2.75) is 59.4 Å². The third-order valence-electron chi connectivity index (χ3n) is 6.02. The van der Waals surface area contributed by atoms with E-state index in [1.807, 2.05) is 32.0 Å². The average molecular weight is 430 g/mol. The second-order valence-corrected chi connectivity index (χ2v) is 9.73. The number of anilines is 1. The van der Waals surface area contributed by atoms with Crippen molar-refractivity contribution in [1.29, 1.82) is 0 Å². The maximum Gasteiger partial charge on any atom is 0.326 e. The number of carbonyl (C=O) groups is 4. The average Bonchev–Trinajstić information content (AvgIpc) is 2.85. The molecule has 0 bridgehead atoms. The van der Waals surface area contributed by atoms with Crippen LogP contribution in [-0.2, 0) is 19.1 Å². The second kappa shape index (κ2) is 8.32. The maximum absolute atomic E-state index is 13.1. The van der Waals surface area contributed by atoms with E-state index in [4.69, 9.17) is 4.74 Å². The van der Waals surface area contributed by atoms with Gasteiger partial charge in [-0.25, -0.2) is 4.79 Å². The van der Waals surface area contributed by atoms with Crippen LogP contribution in [0.5, 0.6) is 0 Å². The van der Waals surface area contributed by atoms with Crippen LogP contribution in [0.15, 0.2) is 18.2 Å². The predicted molar refractivity (Wildman–Crippen MR) is 115 cm³/mol. The number of ether oxygens (including phenoxy) is 1. The smallest absolute Gasteiger partial charge is 0.326 e. The van der Waals surface area contributed by atoms with Gasteiger partial charge in [-0.2, -0.15) is 0 Å². The molecule has 1 aromatic carbocycles. The minimum Gasteiger partial charge on any atom is -0.454 e. The van der Waals surface area contributed by atoms with E-state index in [9.17, 15) is 19.2 Å². The Labute approximate surface area is 182 Å². The molecule has 1 heterocycles. The lowest BCUT2D eigenvalue weighted by atomic mass is 9.64. The fourth-order valence-corrected chi connectivity index (χ4v) is 5.16. The van der Waals surface area contributed by atoms with E-state index in [0.29, 0.717) is 18.5 Å². The third kappa shape index (κ3) is 4.89. The summed E-state index contributed by atoms with van der Waals surface area (Å²) in [7, 11) is 0. The van der Waals surface area contributed by atoms with Gasteiger partial charge in [0, 0.05) is 5.69 Å². The summed E-state index contributed by atoms with van der Waals surface area (Å²) in [6.07, 6.45) is 2.04. The number of hydrogen-bond donors (Lipinski definition) is 2. The van der Waals surface area contributed by atoms with Crippen molar-refractivity contribution in [3.05, 3.63) is 29.3 Å². The number of rotatable bonds is 5. The van der Waals surface area contributed by atoms with Gasteiger partial charge >= 0.3 is 12.0 Å². The van der Waals surface area contributed by atoms with E-state index in [1.54, 1.807) is 0 Å². The van der Waals surface area contributed by atoms with Crippen LogP contribution < -0.4 is 10.6 Å². The van der Waals surface area contributed by atoms with Crippen LogP contribution in [0.2, 0.25) is 0 Å². The molecule has 2 fully saturated rings. The molecule has 31 heavy (non-hydrogen) atoms. The standard InChI is InChI=1S/C23H31N3O5/c1-14-9-22(4,5)13-23(10-14)20(29)26(21(30)25-23)11-18(28)31-12-17(27)24-19-15(2)7-6-8-16(19)3/h6-8,14H,9-13H2,1-5H3,(H,24,27)(H,25,30)/t14-,23+/m0/s1. The Bertz CT molecular complexity index is 906. The summed E-state index contributed by atoms with van der Waals surface area (Å²) in [5.74, 6) is -1.41.